The number of ether oxygens (including phenoxy) is 1. The summed E-state index contributed by atoms with van der Waals surface area (Å²) in [5.41, 5.74) is 5.30. The van der Waals surface area contributed by atoms with Crippen molar-refractivity contribution in [2.75, 3.05) is 13.7 Å². The molecular weight excluding hydrogens is 467 g/mol. The molecule has 4 atom stereocenters. The van der Waals surface area contributed by atoms with Crippen molar-refractivity contribution < 1.29 is 29.1 Å². The molecule has 0 spiro atoms. The van der Waals surface area contributed by atoms with Gasteiger partial charge in [-0.15, -0.1) is 0 Å². The lowest BCUT2D eigenvalue weighted by Crippen LogP contribution is -2.51. The Bertz CT molecular complexity index is 1250. The first-order valence-corrected chi connectivity index (χ1v) is 13.1. The van der Waals surface area contributed by atoms with Crippen LogP contribution >= 0.6 is 0 Å². The first-order valence-electron chi connectivity index (χ1n) is 13.1. The van der Waals surface area contributed by atoms with Gasteiger partial charge in [-0.2, -0.15) is 0 Å². The maximum absolute atomic E-state index is 13.7. The Morgan fingerprint density at radius 2 is 1.78 bits per heavy atom. The lowest BCUT2D eigenvalue weighted by Gasteiger charge is -2.47. The second kappa shape index (κ2) is 10.8. The number of phenols is 1. The summed E-state index contributed by atoms with van der Waals surface area (Å²) in [6, 6.07) is 14.2. The molecule has 2 aromatic carbocycles. The van der Waals surface area contributed by atoms with Crippen molar-refractivity contribution >= 4 is 24.8 Å². The first kappa shape index (κ1) is 25.6. The van der Waals surface area contributed by atoms with Crippen LogP contribution in [0.25, 0.3) is 6.08 Å². The number of Topliss-reactive ketones (excluding diaryl/α,β-unsaturated/α-hetero) is 2. The van der Waals surface area contributed by atoms with Crippen LogP contribution < -0.4 is 0 Å². The van der Waals surface area contributed by atoms with Crippen LogP contribution in [0.4, 0.5) is 0 Å². The van der Waals surface area contributed by atoms with Gasteiger partial charge in [0.25, 0.3) is 0 Å². The van der Waals surface area contributed by atoms with E-state index in [2.05, 4.69) is 13.0 Å². The Morgan fingerprint density at radius 1 is 1.08 bits per heavy atom. The zero-order chi connectivity index (χ0) is 26.1. The number of methoxy groups -OCH3 is 1. The van der Waals surface area contributed by atoms with Gasteiger partial charge in [0.2, 0.25) is 0 Å². The summed E-state index contributed by atoms with van der Waals surface area (Å²) in [4.78, 5) is 27.2. The topological polar surface area (TPSA) is 93.1 Å². The average Bonchev–Trinajstić information content (AvgIpc) is 2.90. The number of rotatable bonds is 7. The highest BCUT2D eigenvalue weighted by Gasteiger charge is 2.53. The molecule has 5 rings (SSSR count). The third-order valence-electron chi connectivity index (χ3n) is 8.13. The van der Waals surface area contributed by atoms with Gasteiger partial charge in [0.05, 0.1) is 12.7 Å². The molecule has 1 aliphatic heterocycles. The zero-order valence-corrected chi connectivity index (χ0v) is 21.4. The minimum atomic E-state index is -0.993. The molecule has 0 amide bonds. The minimum absolute atomic E-state index is 0.00603. The molecular formula is C30H33BO6. The van der Waals surface area contributed by atoms with E-state index in [1.165, 1.54) is 5.57 Å². The normalized spacial score (nSPS) is 25.6. The number of ketones is 2. The van der Waals surface area contributed by atoms with Gasteiger partial charge < -0.3 is 19.5 Å². The molecule has 2 N–H and O–H groups in total. The van der Waals surface area contributed by atoms with Gasteiger partial charge in [-0.25, -0.2) is 0 Å². The molecule has 1 fully saturated rings. The number of hydrogen-bond acceptors (Lipinski definition) is 6. The molecule has 6 nitrogen and oxygen atoms in total. The van der Waals surface area contributed by atoms with E-state index in [4.69, 9.17) is 9.39 Å². The summed E-state index contributed by atoms with van der Waals surface area (Å²) in [7, 11) is 0.647. The van der Waals surface area contributed by atoms with Crippen LogP contribution in [0, 0.1) is 17.8 Å². The average molecular weight is 500 g/mol. The lowest BCUT2D eigenvalue weighted by molar-refractivity contribution is 0.0584. The van der Waals surface area contributed by atoms with Crippen LogP contribution in [0.5, 0.6) is 5.75 Å². The van der Waals surface area contributed by atoms with Gasteiger partial charge in [-0.05, 0) is 66.8 Å². The van der Waals surface area contributed by atoms with Crippen LogP contribution in [0.15, 0.2) is 65.3 Å². The summed E-state index contributed by atoms with van der Waals surface area (Å²) in [5, 5.41) is 20.3. The molecule has 3 aliphatic rings. The highest BCUT2D eigenvalue weighted by atomic mass is 16.5. The number of aromatic hydroxyl groups is 1. The molecule has 1 saturated heterocycles. The van der Waals surface area contributed by atoms with Gasteiger partial charge in [-0.3, -0.25) is 9.59 Å². The van der Waals surface area contributed by atoms with E-state index in [1.807, 2.05) is 12.1 Å². The van der Waals surface area contributed by atoms with E-state index in [0.717, 1.165) is 29.6 Å². The molecule has 7 heteroatoms. The predicted molar refractivity (Wildman–Crippen MR) is 142 cm³/mol. The zero-order valence-electron chi connectivity index (χ0n) is 21.4. The number of hydrogen-bond donors (Lipinski definition) is 2. The summed E-state index contributed by atoms with van der Waals surface area (Å²) in [6.45, 7) is 2.48. The van der Waals surface area contributed by atoms with Crippen molar-refractivity contribution in [3.8, 4) is 5.75 Å². The van der Waals surface area contributed by atoms with E-state index in [1.54, 1.807) is 43.5 Å². The summed E-state index contributed by atoms with van der Waals surface area (Å²) in [5.74, 6) is -0.944. The number of fused-ring (bicyclic) bond motifs is 4. The molecule has 0 bridgehead atoms. The van der Waals surface area contributed by atoms with Crippen molar-refractivity contribution in [2.45, 2.75) is 45.0 Å². The van der Waals surface area contributed by atoms with Crippen molar-refractivity contribution in [3.05, 3.63) is 81.9 Å². The monoisotopic (exact) mass is 500 g/mol. The minimum Gasteiger partial charge on any atom is -0.508 e. The Morgan fingerprint density at radius 3 is 2.46 bits per heavy atom. The standard InChI is InChI=1S/C30H33BO6/c1-3-18(14-19-8-11-21(32)12-9-19)10-13-26-27-20(17-36-2)15-24-28(25(27)16-31(35)37-26)30(34)23-7-5-4-6-22(23)29(24)33/h4-9,11-12,14,24-26,28,32,35H,3,10,13,15-17H2,1-2H3/b18-14+/t24-,25+,26-,28-/m1/s1. The fourth-order valence-electron chi connectivity index (χ4n) is 6.45. The van der Waals surface area contributed by atoms with E-state index < -0.39 is 19.0 Å². The van der Waals surface area contributed by atoms with Crippen LogP contribution in [0.3, 0.4) is 0 Å². The largest absolute Gasteiger partial charge is 0.508 e. The molecule has 0 aromatic heterocycles. The lowest BCUT2D eigenvalue weighted by atomic mass is 9.54. The van der Waals surface area contributed by atoms with Crippen LogP contribution in [-0.4, -0.2) is 48.6 Å². The van der Waals surface area contributed by atoms with E-state index in [-0.39, 0.29) is 29.3 Å². The molecule has 0 unspecified atom stereocenters. The smallest absolute Gasteiger partial charge is 0.455 e. The number of allylic oxidation sites excluding steroid dienone is 1. The Labute approximate surface area is 218 Å². The first-order chi connectivity index (χ1) is 17.9. The Hall–Kier alpha value is -3.00. The second-order valence-corrected chi connectivity index (χ2v) is 10.3. The number of phenolic OH excluding ortho intramolecular Hbond substituents is 1. The van der Waals surface area contributed by atoms with Crippen molar-refractivity contribution in [1.82, 2.24) is 0 Å². The van der Waals surface area contributed by atoms with Gasteiger partial charge >= 0.3 is 7.12 Å². The second-order valence-electron chi connectivity index (χ2n) is 10.3. The summed E-state index contributed by atoms with van der Waals surface area (Å²) in [6.07, 6.45) is 4.82. The fraction of sp³-hybridized carbons (Fsp3) is 0.400. The van der Waals surface area contributed by atoms with Crippen molar-refractivity contribution in [1.29, 1.82) is 0 Å². The highest BCUT2D eigenvalue weighted by Crippen LogP contribution is 2.51. The molecule has 2 aromatic rings. The molecule has 0 radical (unpaired) electrons. The van der Waals surface area contributed by atoms with Gasteiger partial charge in [0.15, 0.2) is 11.6 Å². The van der Waals surface area contributed by atoms with Gasteiger partial charge in [-0.1, -0.05) is 55.0 Å². The van der Waals surface area contributed by atoms with E-state index >= 15 is 0 Å². The predicted octanol–water partition coefficient (Wildman–Crippen LogP) is 5.12. The fourth-order valence-corrected chi connectivity index (χ4v) is 6.45. The summed E-state index contributed by atoms with van der Waals surface area (Å²) < 4.78 is 11.6. The van der Waals surface area contributed by atoms with Crippen molar-refractivity contribution in [2.24, 2.45) is 17.8 Å². The number of carbonyl (C=O) groups is 2. The van der Waals surface area contributed by atoms with Crippen LogP contribution in [-0.2, 0) is 9.39 Å². The van der Waals surface area contributed by atoms with Crippen LogP contribution in [0.2, 0.25) is 6.32 Å². The van der Waals surface area contributed by atoms with Crippen molar-refractivity contribution in [3.63, 3.8) is 0 Å². The van der Waals surface area contributed by atoms with E-state index in [0.29, 0.717) is 36.9 Å². The SMILES string of the molecule is CC/C(=C\c1ccc(O)cc1)CC[C@H]1OB(O)C[C@H]2C1=C(COC)C[C@H]1C(=O)c3ccccc3C(=O)[C@H]12. The summed E-state index contributed by atoms with van der Waals surface area (Å²) >= 11 is 0. The number of carbonyl (C=O) groups excluding carboxylic acids is 2. The van der Waals surface area contributed by atoms with Gasteiger partial charge in [0, 0.05) is 30.1 Å². The molecule has 192 valence electrons. The molecule has 0 saturated carbocycles. The van der Waals surface area contributed by atoms with Crippen LogP contribution in [0.1, 0.15) is 58.9 Å². The highest BCUT2D eigenvalue weighted by molar-refractivity contribution is 6.43. The van der Waals surface area contributed by atoms with Gasteiger partial charge in [0.1, 0.15) is 5.75 Å². The maximum Gasteiger partial charge on any atom is 0.455 e. The molecule has 2 aliphatic carbocycles. The maximum atomic E-state index is 13.7. The molecule has 37 heavy (non-hydrogen) atoms. The third kappa shape index (κ3) is 4.96. The third-order valence-corrected chi connectivity index (χ3v) is 8.13. The quantitative estimate of drug-likeness (QED) is 0.405. The Kier molecular flexibility index (Phi) is 7.47. The Balaban J connectivity index is 1.46. The molecule has 1 heterocycles. The van der Waals surface area contributed by atoms with E-state index in [9.17, 15) is 19.7 Å². The number of benzene rings is 2.